The van der Waals surface area contributed by atoms with Crippen LogP contribution >= 0.6 is 15.9 Å². The number of unbranched alkanes of at least 4 members (excludes halogenated alkanes) is 1. The van der Waals surface area contributed by atoms with Crippen LogP contribution in [-0.2, 0) is 6.54 Å². The number of rotatable bonds is 8. The average Bonchev–Trinajstić information content (AvgIpc) is 3.25. The van der Waals surface area contributed by atoms with E-state index in [-0.39, 0.29) is 12.1 Å². The van der Waals surface area contributed by atoms with E-state index in [0.717, 1.165) is 34.2 Å². The van der Waals surface area contributed by atoms with Crippen LogP contribution in [0, 0.1) is 0 Å². The average molecular weight is 481 g/mol. The monoisotopic (exact) mass is 480 g/mol. The van der Waals surface area contributed by atoms with Crippen molar-refractivity contribution >= 4 is 15.9 Å². The zero-order valence-corrected chi connectivity index (χ0v) is 18.6. The van der Waals surface area contributed by atoms with Crippen LogP contribution in [0.2, 0.25) is 0 Å². The Hall–Kier alpha value is -3.26. The first-order chi connectivity index (χ1) is 15.1. The van der Waals surface area contributed by atoms with E-state index in [0.29, 0.717) is 24.0 Å². The lowest BCUT2D eigenvalue weighted by Gasteiger charge is -2.07. The molecule has 0 N–H and O–H groups in total. The highest BCUT2D eigenvalue weighted by molar-refractivity contribution is 9.10. The van der Waals surface area contributed by atoms with E-state index in [4.69, 9.17) is 9.26 Å². The SMILES string of the molecule is CCCCOc1ccc(-c2ccc(=O)n(Cc3nc(-c4ccc(Br)cc4)no3)n2)cc1. The van der Waals surface area contributed by atoms with Crippen LogP contribution in [0.1, 0.15) is 25.7 Å². The van der Waals surface area contributed by atoms with Crippen molar-refractivity contribution in [1.82, 2.24) is 19.9 Å². The number of benzene rings is 2. The third kappa shape index (κ3) is 5.27. The second-order valence-electron chi connectivity index (χ2n) is 6.96. The second kappa shape index (κ2) is 9.70. The summed E-state index contributed by atoms with van der Waals surface area (Å²) in [6, 6.07) is 18.4. The quantitative estimate of drug-likeness (QED) is 0.331. The fourth-order valence-electron chi connectivity index (χ4n) is 2.94. The third-order valence-electron chi connectivity index (χ3n) is 4.64. The van der Waals surface area contributed by atoms with E-state index in [1.807, 2.05) is 48.5 Å². The number of halogens is 1. The van der Waals surface area contributed by atoms with Gasteiger partial charge in [-0.05, 0) is 61.0 Å². The molecule has 0 saturated carbocycles. The summed E-state index contributed by atoms with van der Waals surface area (Å²) in [7, 11) is 0. The highest BCUT2D eigenvalue weighted by Crippen LogP contribution is 2.21. The van der Waals surface area contributed by atoms with Crippen LogP contribution in [0.15, 0.2) is 74.5 Å². The number of ether oxygens (including phenoxy) is 1. The molecule has 2 heterocycles. The molecule has 0 unspecified atom stereocenters. The van der Waals surface area contributed by atoms with Gasteiger partial charge in [-0.25, -0.2) is 4.68 Å². The highest BCUT2D eigenvalue weighted by atomic mass is 79.9. The van der Waals surface area contributed by atoms with Crippen molar-refractivity contribution < 1.29 is 9.26 Å². The summed E-state index contributed by atoms with van der Waals surface area (Å²) in [5.41, 5.74) is 2.14. The standard InChI is InChI=1S/C23H21BrN4O3/c1-2-3-14-30-19-10-6-16(7-11-19)20-12-13-22(29)28(26-20)15-21-25-23(27-31-21)17-4-8-18(24)9-5-17/h4-13H,2-3,14-15H2,1H3. The molecule has 158 valence electrons. The first-order valence-corrected chi connectivity index (χ1v) is 10.8. The fourth-order valence-corrected chi connectivity index (χ4v) is 3.20. The predicted molar refractivity (Wildman–Crippen MR) is 121 cm³/mol. The molecule has 0 spiro atoms. The molecular weight excluding hydrogens is 460 g/mol. The molecule has 8 heteroatoms. The molecule has 2 aromatic carbocycles. The van der Waals surface area contributed by atoms with E-state index in [1.54, 1.807) is 6.07 Å². The number of nitrogens with zero attached hydrogens (tertiary/aromatic N) is 4. The van der Waals surface area contributed by atoms with Gasteiger partial charge in [-0.15, -0.1) is 0 Å². The molecule has 0 bridgehead atoms. The van der Waals surface area contributed by atoms with Crippen LogP contribution in [0.3, 0.4) is 0 Å². The van der Waals surface area contributed by atoms with Gasteiger partial charge < -0.3 is 9.26 Å². The minimum Gasteiger partial charge on any atom is -0.494 e. The van der Waals surface area contributed by atoms with E-state index in [2.05, 4.69) is 38.1 Å². The van der Waals surface area contributed by atoms with Gasteiger partial charge in [-0.1, -0.05) is 34.4 Å². The zero-order valence-electron chi connectivity index (χ0n) is 17.0. The Balaban J connectivity index is 1.51. The van der Waals surface area contributed by atoms with Crippen LogP contribution in [0.4, 0.5) is 0 Å². The normalized spacial score (nSPS) is 10.9. The van der Waals surface area contributed by atoms with Crippen molar-refractivity contribution in [3.63, 3.8) is 0 Å². The summed E-state index contributed by atoms with van der Waals surface area (Å²) < 4.78 is 13.3. The van der Waals surface area contributed by atoms with Crippen LogP contribution in [0.25, 0.3) is 22.6 Å². The second-order valence-corrected chi connectivity index (χ2v) is 7.88. The van der Waals surface area contributed by atoms with Crippen LogP contribution in [0.5, 0.6) is 5.75 Å². The molecule has 4 rings (SSSR count). The Morgan fingerprint density at radius 1 is 1.00 bits per heavy atom. The number of aromatic nitrogens is 4. The van der Waals surface area contributed by atoms with Crippen molar-refractivity contribution in [2.24, 2.45) is 0 Å². The lowest BCUT2D eigenvalue weighted by atomic mass is 10.1. The Kier molecular flexibility index (Phi) is 6.57. The van der Waals surface area contributed by atoms with E-state index < -0.39 is 0 Å². The molecule has 0 aliphatic heterocycles. The highest BCUT2D eigenvalue weighted by Gasteiger charge is 2.12. The smallest absolute Gasteiger partial charge is 0.267 e. The van der Waals surface area contributed by atoms with Crippen molar-refractivity contribution in [3.8, 4) is 28.4 Å². The maximum absolute atomic E-state index is 12.3. The molecule has 0 aliphatic rings. The largest absolute Gasteiger partial charge is 0.494 e. The summed E-state index contributed by atoms with van der Waals surface area (Å²) >= 11 is 3.40. The van der Waals surface area contributed by atoms with E-state index in [9.17, 15) is 4.79 Å². The fraction of sp³-hybridized carbons (Fsp3) is 0.217. The van der Waals surface area contributed by atoms with Gasteiger partial charge in [0.05, 0.1) is 12.3 Å². The van der Waals surface area contributed by atoms with Crippen LogP contribution in [-0.4, -0.2) is 26.5 Å². The van der Waals surface area contributed by atoms with Gasteiger partial charge in [0.15, 0.2) is 0 Å². The van der Waals surface area contributed by atoms with Gasteiger partial charge >= 0.3 is 0 Å². The molecule has 2 aromatic heterocycles. The van der Waals surface area contributed by atoms with Crippen molar-refractivity contribution in [3.05, 3.63) is 81.4 Å². The maximum atomic E-state index is 12.3. The van der Waals surface area contributed by atoms with Gasteiger partial charge in [-0.2, -0.15) is 10.1 Å². The topological polar surface area (TPSA) is 83.0 Å². The van der Waals surface area contributed by atoms with Gasteiger partial charge in [0.25, 0.3) is 5.56 Å². The zero-order chi connectivity index (χ0) is 21.6. The van der Waals surface area contributed by atoms with Gasteiger partial charge in [0.2, 0.25) is 11.7 Å². The van der Waals surface area contributed by atoms with Gasteiger partial charge in [0.1, 0.15) is 12.3 Å². The van der Waals surface area contributed by atoms with Crippen molar-refractivity contribution in [2.75, 3.05) is 6.61 Å². The Morgan fingerprint density at radius 3 is 2.48 bits per heavy atom. The van der Waals surface area contributed by atoms with Crippen molar-refractivity contribution in [1.29, 1.82) is 0 Å². The number of hydrogen-bond donors (Lipinski definition) is 0. The van der Waals surface area contributed by atoms with Gasteiger partial charge in [0, 0.05) is 21.7 Å². The van der Waals surface area contributed by atoms with E-state index in [1.165, 1.54) is 10.7 Å². The molecule has 0 amide bonds. The molecular formula is C23H21BrN4O3. The molecule has 7 nitrogen and oxygen atoms in total. The first-order valence-electron chi connectivity index (χ1n) is 10.0. The molecule has 0 radical (unpaired) electrons. The predicted octanol–water partition coefficient (Wildman–Crippen LogP) is 4.95. The molecule has 0 atom stereocenters. The Bertz CT molecular complexity index is 1200. The van der Waals surface area contributed by atoms with Crippen molar-refractivity contribution in [2.45, 2.75) is 26.3 Å². The number of hydrogen-bond acceptors (Lipinski definition) is 6. The third-order valence-corrected chi connectivity index (χ3v) is 5.17. The first kappa shape index (κ1) is 21.0. The molecule has 0 saturated heterocycles. The molecule has 4 aromatic rings. The maximum Gasteiger partial charge on any atom is 0.267 e. The molecule has 0 aliphatic carbocycles. The van der Waals surface area contributed by atoms with Gasteiger partial charge in [-0.3, -0.25) is 4.79 Å². The molecule has 0 fully saturated rings. The molecule has 31 heavy (non-hydrogen) atoms. The Morgan fingerprint density at radius 2 is 1.74 bits per heavy atom. The van der Waals surface area contributed by atoms with E-state index >= 15 is 0 Å². The summed E-state index contributed by atoms with van der Waals surface area (Å²) in [5, 5.41) is 8.47. The minimum absolute atomic E-state index is 0.0917. The van der Waals surface area contributed by atoms with Crippen LogP contribution < -0.4 is 10.3 Å². The summed E-state index contributed by atoms with van der Waals surface area (Å²) in [6.45, 7) is 2.92. The summed E-state index contributed by atoms with van der Waals surface area (Å²) in [4.78, 5) is 16.7. The summed E-state index contributed by atoms with van der Waals surface area (Å²) in [6.07, 6.45) is 2.11. The lowest BCUT2D eigenvalue weighted by Crippen LogP contribution is -2.23. The summed E-state index contributed by atoms with van der Waals surface area (Å²) in [5.74, 6) is 1.59. The lowest BCUT2D eigenvalue weighted by molar-refractivity contribution is 0.309. The Labute approximate surface area is 187 Å². The minimum atomic E-state index is -0.244.